The van der Waals surface area contributed by atoms with E-state index in [9.17, 15) is 13.2 Å². The second-order valence-electron chi connectivity index (χ2n) is 5.99. The summed E-state index contributed by atoms with van der Waals surface area (Å²) in [6.07, 6.45) is -2.52. The molecule has 8 heteroatoms. The lowest BCUT2D eigenvalue weighted by Gasteiger charge is -2.08. The van der Waals surface area contributed by atoms with Gasteiger partial charge in [0, 0.05) is 19.3 Å². The lowest BCUT2D eigenvalue weighted by atomic mass is 10.1. The van der Waals surface area contributed by atoms with E-state index in [1.165, 1.54) is 12.1 Å². The quantitative estimate of drug-likeness (QED) is 0.588. The second-order valence-corrected chi connectivity index (χ2v) is 7.10. The van der Waals surface area contributed by atoms with Crippen molar-refractivity contribution in [1.82, 2.24) is 10.3 Å². The summed E-state index contributed by atoms with van der Waals surface area (Å²) in [6.45, 7) is 0.988. The summed E-state index contributed by atoms with van der Waals surface area (Å²) in [4.78, 5) is 5.40. The van der Waals surface area contributed by atoms with Gasteiger partial charge in [-0.25, -0.2) is 4.98 Å². The molecule has 4 nitrogen and oxygen atoms in total. The van der Waals surface area contributed by atoms with Gasteiger partial charge >= 0.3 is 6.18 Å². The Morgan fingerprint density at radius 2 is 1.68 bits per heavy atom. The van der Waals surface area contributed by atoms with Crippen LogP contribution < -0.4 is 14.8 Å². The summed E-state index contributed by atoms with van der Waals surface area (Å²) in [6, 6.07) is 10.8. The van der Waals surface area contributed by atoms with E-state index in [1.54, 1.807) is 31.8 Å². The molecule has 0 aliphatic rings. The first-order chi connectivity index (χ1) is 13.4. The van der Waals surface area contributed by atoms with Gasteiger partial charge in [0.2, 0.25) is 0 Å². The number of nitrogens with zero attached hydrogens (tertiary/aromatic N) is 1. The van der Waals surface area contributed by atoms with E-state index < -0.39 is 11.7 Å². The summed E-state index contributed by atoms with van der Waals surface area (Å²) in [5.74, 6) is 1.31. The Labute approximate surface area is 165 Å². The minimum Gasteiger partial charge on any atom is -0.493 e. The third kappa shape index (κ3) is 4.82. The van der Waals surface area contributed by atoms with Gasteiger partial charge in [-0.05, 0) is 41.5 Å². The number of methoxy groups -OCH3 is 2. The molecule has 0 fully saturated rings. The normalized spacial score (nSPS) is 11.5. The van der Waals surface area contributed by atoms with Crippen molar-refractivity contribution in [2.45, 2.75) is 19.3 Å². The Bertz CT molecular complexity index is 924. The number of thiazole rings is 1. The van der Waals surface area contributed by atoms with Gasteiger partial charge in [0.05, 0.1) is 24.7 Å². The minimum absolute atomic E-state index is 0.462. The van der Waals surface area contributed by atoms with Gasteiger partial charge in [-0.3, -0.25) is 0 Å². The van der Waals surface area contributed by atoms with Crippen molar-refractivity contribution >= 4 is 11.3 Å². The van der Waals surface area contributed by atoms with Crippen LogP contribution in [0.2, 0.25) is 0 Å². The highest BCUT2D eigenvalue weighted by Crippen LogP contribution is 2.34. The standard InChI is InChI=1S/C20H19F3N2O2S/c1-26-16-8-5-14(9-17(16)27-2)18-11-25-19(28-18)12-24-10-13-3-6-15(7-4-13)20(21,22)23/h3-9,11,24H,10,12H2,1-2H3. The van der Waals surface area contributed by atoms with E-state index in [2.05, 4.69) is 10.3 Å². The summed E-state index contributed by atoms with van der Waals surface area (Å²) >= 11 is 1.54. The van der Waals surface area contributed by atoms with Crippen LogP contribution in [0.3, 0.4) is 0 Å². The average Bonchev–Trinajstić information content (AvgIpc) is 3.16. The molecule has 0 radical (unpaired) electrons. The second kappa shape index (κ2) is 8.62. The first-order valence-electron chi connectivity index (χ1n) is 8.44. The van der Waals surface area contributed by atoms with E-state index in [4.69, 9.17) is 9.47 Å². The molecule has 148 valence electrons. The number of alkyl halides is 3. The number of hydrogen-bond acceptors (Lipinski definition) is 5. The maximum absolute atomic E-state index is 12.6. The highest BCUT2D eigenvalue weighted by Gasteiger charge is 2.29. The van der Waals surface area contributed by atoms with Crippen LogP contribution in [0.5, 0.6) is 11.5 Å². The molecular formula is C20H19F3N2O2S. The van der Waals surface area contributed by atoms with Crippen molar-refractivity contribution in [3.8, 4) is 21.9 Å². The SMILES string of the molecule is COc1ccc(-c2cnc(CNCc3ccc(C(F)(F)F)cc3)s2)cc1OC. The van der Waals surface area contributed by atoms with E-state index in [0.717, 1.165) is 33.1 Å². The monoisotopic (exact) mass is 408 g/mol. The smallest absolute Gasteiger partial charge is 0.416 e. The van der Waals surface area contributed by atoms with Gasteiger partial charge in [-0.15, -0.1) is 11.3 Å². The van der Waals surface area contributed by atoms with Crippen LogP contribution in [-0.4, -0.2) is 19.2 Å². The first kappa shape index (κ1) is 20.2. The molecule has 0 aliphatic heterocycles. The molecule has 3 rings (SSSR count). The average molecular weight is 408 g/mol. The summed E-state index contributed by atoms with van der Waals surface area (Å²) < 4.78 is 48.3. The van der Waals surface area contributed by atoms with Crippen molar-refractivity contribution in [2.75, 3.05) is 14.2 Å². The van der Waals surface area contributed by atoms with Gasteiger partial charge < -0.3 is 14.8 Å². The predicted octanol–water partition coefficient (Wildman–Crippen LogP) is 5.14. The summed E-state index contributed by atoms with van der Waals surface area (Å²) in [7, 11) is 3.18. The third-order valence-corrected chi connectivity index (χ3v) is 5.15. The number of rotatable bonds is 7. The summed E-state index contributed by atoms with van der Waals surface area (Å²) in [5.41, 5.74) is 1.12. The van der Waals surface area contributed by atoms with Gasteiger partial charge in [-0.2, -0.15) is 13.2 Å². The molecule has 3 aromatic rings. The van der Waals surface area contributed by atoms with Gasteiger partial charge in [0.15, 0.2) is 11.5 Å². The zero-order valence-corrected chi connectivity index (χ0v) is 16.2. The Hall–Kier alpha value is -2.58. The van der Waals surface area contributed by atoms with Gasteiger partial charge in [0.25, 0.3) is 0 Å². The zero-order valence-electron chi connectivity index (χ0n) is 15.3. The number of hydrogen-bond donors (Lipinski definition) is 1. The fraction of sp³-hybridized carbons (Fsp3) is 0.250. The maximum Gasteiger partial charge on any atom is 0.416 e. The van der Waals surface area contributed by atoms with Crippen molar-refractivity contribution in [3.63, 3.8) is 0 Å². The Kier molecular flexibility index (Phi) is 6.21. The fourth-order valence-corrected chi connectivity index (χ4v) is 3.52. The molecule has 0 unspecified atom stereocenters. The number of aromatic nitrogens is 1. The van der Waals surface area contributed by atoms with Crippen LogP contribution in [-0.2, 0) is 19.3 Å². The molecule has 1 N–H and O–H groups in total. The zero-order chi connectivity index (χ0) is 20.1. The molecule has 0 saturated carbocycles. The van der Waals surface area contributed by atoms with Crippen LogP contribution >= 0.6 is 11.3 Å². The van der Waals surface area contributed by atoms with Crippen molar-refractivity contribution in [1.29, 1.82) is 0 Å². The Morgan fingerprint density at radius 3 is 2.32 bits per heavy atom. The molecule has 0 amide bonds. The Morgan fingerprint density at radius 1 is 0.964 bits per heavy atom. The number of nitrogens with one attached hydrogen (secondary N) is 1. The number of halogens is 3. The first-order valence-corrected chi connectivity index (χ1v) is 9.26. The molecule has 1 aromatic heterocycles. The molecule has 0 atom stereocenters. The molecule has 0 saturated heterocycles. The topological polar surface area (TPSA) is 43.4 Å². The van der Waals surface area contributed by atoms with E-state index in [-0.39, 0.29) is 0 Å². The molecule has 1 heterocycles. The largest absolute Gasteiger partial charge is 0.493 e. The molecular weight excluding hydrogens is 389 g/mol. The van der Waals surface area contributed by atoms with E-state index in [1.807, 2.05) is 18.2 Å². The summed E-state index contributed by atoms with van der Waals surface area (Å²) in [5, 5.41) is 4.09. The van der Waals surface area contributed by atoms with Crippen LogP contribution in [0.4, 0.5) is 13.2 Å². The maximum atomic E-state index is 12.6. The fourth-order valence-electron chi connectivity index (χ4n) is 2.64. The lowest BCUT2D eigenvalue weighted by molar-refractivity contribution is -0.137. The number of ether oxygens (including phenoxy) is 2. The van der Waals surface area contributed by atoms with Gasteiger partial charge in [-0.1, -0.05) is 12.1 Å². The van der Waals surface area contributed by atoms with Crippen molar-refractivity contribution < 1.29 is 22.6 Å². The molecule has 0 aliphatic carbocycles. The van der Waals surface area contributed by atoms with E-state index >= 15 is 0 Å². The third-order valence-electron chi connectivity index (χ3n) is 4.11. The van der Waals surface area contributed by atoms with Crippen LogP contribution in [0.25, 0.3) is 10.4 Å². The molecule has 0 bridgehead atoms. The lowest BCUT2D eigenvalue weighted by Crippen LogP contribution is -2.12. The van der Waals surface area contributed by atoms with Crippen LogP contribution in [0, 0.1) is 0 Å². The van der Waals surface area contributed by atoms with E-state index in [0.29, 0.717) is 24.6 Å². The highest BCUT2D eigenvalue weighted by molar-refractivity contribution is 7.15. The predicted molar refractivity (Wildman–Crippen MR) is 103 cm³/mol. The van der Waals surface area contributed by atoms with Crippen molar-refractivity contribution in [3.05, 3.63) is 64.8 Å². The number of benzene rings is 2. The molecule has 0 spiro atoms. The van der Waals surface area contributed by atoms with Crippen LogP contribution in [0.15, 0.2) is 48.7 Å². The minimum atomic E-state index is -4.31. The Balaban J connectivity index is 1.59. The highest BCUT2D eigenvalue weighted by atomic mass is 32.1. The van der Waals surface area contributed by atoms with Crippen molar-refractivity contribution in [2.24, 2.45) is 0 Å². The molecule has 2 aromatic carbocycles. The molecule has 28 heavy (non-hydrogen) atoms. The van der Waals surface area contributed by atoms with Gasteiger partial charge in [0.1, 0.15) is 5.01 Å². The van der Waals surface area contributed by atoms with Crippen LogP contribution in [0.1, 0.15) is 16.1 Å².